The summed E-state index contributed by atoms with van der Waals surface area (Å²) in [4.78, 5) is 33.8. The summed E-state index contributed by atoms with van der Waals surface area (Å²) in [7, 11) is 1.51. The minimum atomic E-state index is -0.811. The lowest BCUT2D eigenvalue weighted by atomic mass is 10.0. The number of thiazole rings is 1. The molecule has 1 amide bonds. The van der Waals surface area contributed by atoms with E-state index in [0.29, 0.717) is 43.2 Å². The van der Waals surface area contributed by atoms with Crippen LogP contribution < -0.4 is 29.7 Å². The molecular weight excluding hydrogens is 617 g/mol. The topological polar surface area (TPSA) is 81.9 Å². The Bertz CT molecular complexity index is 2140. The number of rotatable bonds is 8. The van der Waals surface area contributed by atoms with Crippen LogP contribution in [0.25, 0.3) is 6.08 Å². The highest BCUT2D eigenvalue weighted by Crippen LogP contribution is 2.33. The highest BCUT2D eigenvalue weighted by Gasteiger charge is 2.33. The summed E-state index contributed by atoms with van der Waals surface area (Å²) in [6.45, 7) is 3.65. The Morgan fingerprint density at radius 2 is 1.84 bits per heavy atom. The fourth-order valence-electron chi connectivity index (χ4n) is 5.13. The second-order valence-corrected chi connectivity index (χ2v) is 12.3. The lowest BCUT2D eigenvalue weighted by Crippen LogP contribution is -2.40. The number of nitrogens with zero attached hydrogens (tertiary/aromatic N) is 2. The van der Waals surface area contributed by atoms with E-state index in [9.17, 15) is 18.4 Å². The van der Waals surface area contributed by atoms with E-state index in [1.807, 2.05) is 48.7 Å². The van der Waals surface area contributed by atoms with Gasteiger partial charge in [0.2, 0.25) is 0 Å². The third kappa shape index (κ3) is 6.09. The number of thiophene rings is 1. The molecule has 0 bridgehead atoms. The normalized spacial score (nSPS) is 14.6. The number of benzene rings is 3. The van der Waals surface area contributed by atoms with Crippen LogP contribution in [-0.2, 0) is 11.4 Å². The predicted octanol–water partition coefficient (Wildman–Crippen LogP) is 6.11. The van der Waals surface area contributed by atoms with Gasteiger partial charge in [-0.15, -0.1) is 11.3 Å². The second-order valence-electron chi connectivity index (χ2n) is 10.3. The maximum Gasteiger partial charge on any atom is 0.271 e. The molecule has 1 N–H and O–H groups in total. The predicted molar refractivity (Wildman–Crippen MR) is 172 cm³/mol. The highest BCUT2D eigenvalue weighted by atomic mass is 32.1. The van der Waals surface area contributed by atoms with Gasteiger partial charge in [-0.05, 0) is 72.8 Å². The monoisotopic (exact) mass is 643 g/mol. The Hall–Kier alpha value is -4.87. The molecule has 1 aliphatic heterocycles. The first kappa shape index (κ1) is 30.2. The Kier molecular flexibility index (Phi) is 8.46. The Labute approximate surface area is 265 Å². The summed E-state index contributed by atoms with van der Waals surface area (Å²) in [5.74, 6) is -1.42. The zero-order chi connectivity index (χ0) is 31.7. The average Bonchev–Trinajstić information content (AvgIpc) is 3.65. The molecule has 1 aliphatic rings. The van der Waals surface area contributed by atoms with Gasteiger partial charge in [0.25, 0.3) is 11.5 Å². The lowest BCUT2D eigenvalue weighted by molar-refractivity contribution is -0.113. The molecule has 3 heterocycles. The van der Waals surface area contributed by atoms with E-state index in [-0.39, 0.29) is 23.8 Å². The first-order chi connectivity index (χ1) is 21.7. The average molecular weight is 644 g/mol. The first-order valence-electron chi connectivity index (χ1n) is 13.9. The number of hydrogen-bond donors (Lipinski definition) is 1. The number of methoxy groups -OCH3 is 1. The number of carbonyl (C=O) groups is 1. The van der Waals surface area contributed by atoms with Gasteiger partial charge in [-0.3, -0.25) is 14.2 Å². The van der Waals surface area contributed by atoms with E-state index >= 15 is 0 Å². The molecule has 0 saturated heterocycles. The van der Waals surface area contributed by atoms with Crippen LogP contribution in [0, 0.1) is 18.6 Å². The third-order valence-corrected chi connectivity index (χ3v) is 9.26. The SMILES string of the molecule is COc1ccc(/C=c2/sc3n(c2=O)[C@H](c2cccs2)C(C(=O)Nc2ccccc2C)=C(C)N=3)cc1COc1ccc(F)cc1F. The van der Waals surface area contributed by atoms with Gasteiger partial charge < -0.3 is 14.8 Å². The van der Waals surface area contributed by atoms with Crippen molar-refractivity contribution in [2.24, 2.45) is 4.99 Å². The molecule has 0 spiro atoms. The third-order valence-electron chi connectivity index (χ3n) is 7.35. The molecule has 5 aromatic rings. The van der Waals surface area contributed by atoms with Crippen molar-refractivity contribution in [3.8, 4) is 11.5 Å². The second kappa shape index (κ2) is 12.6. The summed E-state index contributed by atoms with van der Waals surface area (Å²) in [6, 6.07) is 19.1. The number of allylic oxidation sites excluding steroid dienone is 1. The minimum absolute atomic E-state index is 0.0500. The number of para-hydroxylation sites is 1. The van der Waals surface area contributed by atoms with E-state index in [0.717, 1.165) is 22.6 Å². The number of nitrogens with one attached hydrogen (secondary N) is 1. The molecule has 45 heavy (non-hydrogen) atoms. The largest absolute Gasteiger partial charge is 0.496 e. The lowest BCUT2D eigenvalue weighted by Gasteiger charge is -2.24. The molecule has 3 aromatic carbocycles. The molecule has 11 heteroatoms. The van der Waals surface area contributed by atoms with Gasteiger partial charge in [0.05, 0.1) is 22.9 Å². The molecule has 0 fully saturated rings. The van der Waals surface area contributed by atoms with Crippen LogP contribution in [0.4, 0.5) is 14.5 Å². The number of hydrogen-bond acceptors (Lipinski definition) is 7. The summed E-state index contributed by atoms with van der Waals surface area (Å²) >= 11 is 2.69. The fraction of sp³-hybridized carbons (Fsp3) is 0.147. The van der Waals surface area contributed by atoms with Gasteiger partial charge in [0, 0.05) is 22.2 Å². The first-order valence-corrected chi connectivity index (χ1v) is 15.6. The number of anilines is 1. The Morgan fingerprint density at radius 1 is 1.04 bits per heavy atom. The zero-order valence-electron chi connectivity index (χ0n) is 24.5. The number of fused-ring (bicyclic) bond motifs is 1. The van der Waals surface area contributed by atoms with Gasteiger partial charge in [-0.2, -0.15) is 0 Å². The summed E-state index contributed by atoms with van der Waals surface area (Å²) < 4.78 is 40.5. The molecule has 1 atom stereocenters. The molecule has 6 rings (SSSR count). The van der Waals surface area contributed by atoms with E-state index in [2.05, 4.69) is 5.32 Å². The molecule has 0 radical (unpaired) electrons. The van der Waals surface area contributed by atoms with E-state index in [1.165, 1.54) is 35.8 Å². The van der Waals surface area contributed by atoms with Gasteiger partial charge >= 0.3 is 0 Å². The number of ether oxygens (including phenoxy) is 2. The van der Waals surface area contributed by atoms with E-state index < -0.39 is 17.7 Å². The maximum atomic E-state index is 14.1. The van der Waals surface area contributed by atoms with E-state index in [4.69, 9.17) is 14.5 Å². The number of carbonyl (C=O) groups excluding carboxylic acids is 1. The van der Waals surface area contributed by atoms with Gasteiger partial charge in [0.1, 0.15) is 24.2 Å². The molecule has 0 aliphatic carbocycles. The van der Waals surface area contributed by atoms with Crippen molar-refractivity contribution in [3.05, 3.63) is 142 Å². The van der Waals surface area contributed by atoms with Gasteiger partial charge in [-0.25, -0.2) is 13.8 Å². The molecule has 228 valence electrons. The summed E-state index contributed by atoms with van der Waals surface area (Å²) in [6.07, 6.45) is 1.74. The van der Waals surface area contributed by atoms with Crippen molar-refractivity contribution < 1.29 is 23.0 Å². The van der Waals surface area contributed by atoms with Crippen LogP contribution in [0.2, 0.25) is 0 Å². The molecule has 0 unspecified atom stereocenters. The van der Waals surface area contributed by atoms with Gasteiger partial charge in [0.15, 0.2) is 16.4 Å². The summed E-state index contributed by atoms with van der Waals surface area (Å²) in [5.41, 5.74) is 3.53. The molecule has 7 nitrogen and oxygen atoms in total. The van der Waals surface area contributed by atoms with Crippen LogP contribution in [-0.4, -0.2) is 17.6 Å². The smallest absolute Gasteiger partial charge is 0.271 e. The van der Waals surface area contributed by atoms with Crippen molar-refractivity contribution in [3.63, 3.8) is 0 Å². The fourth-order valence-corrected chi connectivity index (χ4v) is 7.00. The van der Waals surface area contributed by atoms with Crippen LogP contribution in [0.5, 0.6) is 11.5 Å². The van der Waals surface area contributed by atoms with Crippen LogP contribution in [0.15, 0.2) is 99.2 Å². The minimum Gasteiger partial charge on any atom is -0.496 e. The van der Waals surface area contributed by atoms with Crippen LogP contribution >= 0.6 is 22.7 Å². The van der Waals surface area contributed by atoms with E-state index in [1.54, 1.807) is 35.8 Å². The van der Waals surface area contributed by atoms with Crippen LogP contribution in [0.1, 0.15) is 34.5 Å². The number of aromatic nitrogens is 1. The summed E-state index contributed by atoms with van der Waals surface area (Å²) in [5, 5.41) is 4.92. The molecule has 2 aromatic heterocycles. The van der Waals surface area contributed by atoms with Crippen LogP contribution in [0.3, 0.4) is 0 Å². The zero-order valence-corrected chi connectivity index (χ0v) is 26.1. The molecule has 0 saturated carbocycles. The maximum absolute atomic E-state index is 14.1. The van der Waals surface area contributed by atoms with Crippen molar-refractivity contribution in [2.75, 3.05) is 12.4 Å². The van der Waals surface area contributed by atoms with Gasteiger partial charge in [-0.1, -0.05) is 41.7 Å². The van der Waals surface area contributed by atoms with Crippen molar-refractivity contribution in [1.82, 2.24) is 4.57 Å². The van der Waals surface area contributed by atoms with Crippen molar-refractivity contribution >= 4 is 40.3 Å². The molecular formula is C34H27F2N3O4S2. The Balaban J connectivity index is 1.38. The standard InChI is InChI=1S/C34H27F2N3O4S2/c1-19-7-4-5-8-25(19)38-32(40)30-20(2)37-34-39(31(30)28-9-6-14-44-28)33(41)29(45-34)16-21-10-12-26(42-3)22(15-21)18-43-27-13-11-23(35)17-24(27)36/h4-17,31H,18H2,1-3H3,(H,38,40)/b29-16+/t31-/m1/s1. The highest BCUT2D eigenvalue weighted by molar-refractivity contribution is 7.10. The number of amides is 1. The number of aryl methyl sites for hydroxylation is 1. The number of halogens is 2. The quantitative estimate of drug-likeness (QED) is 0.221. The Morgan fingerprint density at radius 3 is 2.58 bits per heavy atom. The van der Waals surface area contributed by atoms with Crippen molar-refractivity contribution in [2.45, 2.75) is 26.5 Å². The van der Waals surface area contributed by atoms with Crippen molar-refractivity contribution in [1.29, 1.82) is 0 Å².